The van der Waals surface area contributed by atoms with E-state index in [1.165, 1.54) is 5.56 Å². The first-order valence-electron chi connectivity index (χ1n) is 5.44. The van der Waals surface area contributed by atoms with Gasteiger partial charge in [0.05, 0.1) is 0 Å². The van der Waals surface area contributed by atoms with Gasteiger partial charge in [-0.3, -0.25) is 5.41 Å². The van der Waals surface area contributed by atoms with Crippen LogP contribution in [0.3, 0.4) is 0 Å². The number of nitrogens with two attached hydrogens (primary N) is 1. The van der Waals surface area contributed by atoms with E-state index in [-0.39, 0.29) is 5.84 Å². The lowest BCUT2D eigenvalue weighted by atomic mass is 10.1. The minimum atomic E-state index is 0.0321. The SMILES string of the molecule is CN(Cc1ccsc1)c1ccc(Cl)cc1C(=N)N. The Kier molecular flexibility index (Phi) is 3.89. The molecule has 0 fully saturated rings. The number of nitrogen functional groups attached to an aromatic ring is 1. The highest BCUT2D eigenvalue weighted by molar-refractivity contribution is 7.07. The van der Waals surface area contributed by atoms with Crippen LogP contribution in [0, 0.1) is 5.41 Å². The summed E-state index contributed by atoms with van der Waals surface area (Å²) in [5.41, 5.74) is 8.42. The summed E-state index contributed by atoms with van der Waals surface area (Å²) >= 11 is 7.61. The summed E-state index contributed by atoms with van der Waals surface area (Å²) in [7, 11) is 1.98. The zero-order valence-corrected chi connectivity index (χ0v) is 11.6. The van der Waals surface area contributed by atoms with Gasteiger partial charge in [-0.25, -0.2) is 0 Å². The molecule has 0 aliphatic carbocycles. The minimum absolute atomic E-state index is 0.0321. The predicted molar refractivity (Wildman–Crippen MR) is 78.9 cm³/mol. The third-order valence-electron chi connectivity index (χ3n) is 2.66. The minimum Gasteiger partial charge on any atom is -0.384 e. The van der Waals surface area contributed by atoms with E-state index in [4.69, 9.17) is 22.7 Å². The van der Waals surface area contributed by atoms with Crippen molar-refractivity contribution in [3.05, 3.63) is 51.2 Å². The van der Waals surface area contributed by atoms with Crippen molar-refractivity contribution < 1.29 is 0 Å². The molecule has 0 saturated carbocycles. The normalized spacial score (nSPS) is 10.3. The molecule has 94 valence electrons. The predicted octanol–water partition coefficient (Wildman–Crippen LogP) is 3.32. The fraction of sp³-hybridized carbons (Fsp3) is 0.154. The number of halogens is 1. The van der Waals surface area contributed by atoms with Crippen LogP contribution in [-0.4, -0.2) is 12.9 Å². The monoisotopic (exact) mass is 279 g/mol. The number of benzene rings is 1. The maximum atomic E-state index is 7.61. The number of hydrogen-bond donors (Lipinski definition) is 2. The van der Waals surface area contributed by atoms with Gasteiger partial charge < -0.3 is 10.6 Å². The second-order valence-corrected chi connectivity index (χ2v) is 5.28. The molecule has 3 nitrogen and oxygen atoms in total. The van der Waals surface area contributed by atoms with Gasteiger partial charge in [0, 0.05) is 29.9 Å². The van der Waals surface area contributed by atoms with Gasteiger partial charge in [-0.1, -0.05) is 11.6 Å². The molecule has 0 aliphatic rings. The van der Waals surface area contributed by atoms with Crippen LogP contribution >= 0.6 is 22.9 Å². The number of nitrogens with zero attached hydrogens (tertiary/aromatic N) is 1. The summed E-state index contributed by atoms with van der Waals surface area (Å²) < 4.78 is 0. The van der Waals surface area contributed by atoms with Crippen molar-refractivity contribution in [3.63, 3.8) is 0 Å². The van der Waals surface area contributed by atoms with Gasteiger partial charge in [0.25, 0.3) is 0 Å². The van der Waals surface area contributed by atoms with E-state index in [0.717, 1.165) is 12.2 Å². The Morgan fingerprint density at radius 2 is 2.22 bits per heavy atom. The topological polar surface area (TPSA) is 53.1 Å². The molecule has 0 amide bonds. The van der Waals surface area contributed by atoms with E-state index in [9.17, 15) is 0 Å². The smallest absolute Gasteiger partial charge is 0.124 e. The average Bonchev–Trinajstić information content (AvgIpc) is 2.81. The molecular formula is C13H14ClN3S. The van der Waals surface area contributed by atoms with Gasteiger partial charge in [-0.15, -0.1) is 0 Å². The Morgan fingerprint density at radius 3 is 2.83 bits per heavy atom. The largest absolute Gasteiger partial charge is 0.384 e. The molecule has 18 heavy (non-hydrogen) atoms. The Morgan fingerprint density at radius 1 is 1.44 bits per heavy atom. The Balaban J connectivity index is 2.29. The number of nitrogens with one attached hydrogen (secondary N) is 1. The molecule has 1 aromatic heterocycles. The summed E-state index contributed by atoms with van der Waals surface area (Å²) in [5.74, 6) is 0.0321. The van der Waals surface area contributed by atoms with Crippen LogP contribution in [0.25, 0.3) is 0 Å². The van der Waals surface area contributed by atoms with Gasteiger partial charge in [0.15, 0.2) is 0 Å². The molecule has 0 bridgehead atoms. The standard InChI is InChI=1S/C13H14ClN3S/c1-17(7-9-4-5-18-8-9)12-3-2-10(14)6-11(12)13(15)16/h2-6,8H,7H2,1H3,(H3,15,16). The number of anilines is 1. The van der Waals surface area contributed by atoms with Gasteiger partial charge in [-0.2, -0.15) is 11.3 Å². The molecule has 5 heteroatoms. The first kappa shape index (κ1) is 12.9. The number of amidine groups is 1. The lowest BCUT2D eigenvalue weighted by Gasteiger charge is -2.21. The van der Waals surface area contributed by atoms with Crippen LogP contribution < -0.4 is 10.6 Å². The van der Waals surface area contributed by atoms with Gasteiger partial charge in [-0.05, 0) is 40.6 Å². The molecule has 1 aromatic carbocycles. The first-order valence-corrected chi connectivity index (χ1v) is 6.76. The van der Waals surface area contributed by atoms with Crippen LogP contribution in [0.15, 0.2) is 35.0 Å². The lowest BCUT2D eigenvalue weighted by Crippen LogP contribution is -2.21. The number of thiophene rings is 1. The molecule has 0 atom stereocenters. The van der Waals surface area contributed by atoms with Crippen LogP contribution in [0.5, 0.6) is 0 Å². The van der Waals surface area contributed by atoms with Crippen LogP contribution in [-0.2, 0) is 6.54 Å². The summed E-state index contributed by atoms with van der Waals surface area (Å²) in [6.07, 6.45) is 0. The maximum absolute atomic E-state index is 7.61. The van der Waals surface area contributed by atoms with E-state index in [2.05, 4.69) is 21.7 Å². The third kappa shape index (κ3) is 2.83. The van der Waals surface area contributed by atoms with E-state index < -0.39 is 0 Å². The van der Waals surface area contributed by atoms with Crippen molar-refractivity contribution in [2.45, 2.75) is 6.54 Å². The van der Waals surface area contributed by atoms with Crippen molar-refractivity contribution in [3.8, 4) is 0 Å². The third-order valence-corrected chi connectivity index (χ3v) is 3.63. The molecule has 2 rings (SSSR count). The molecule has 0 spiro atoms. The molecule has 0 saturated heterocycles. The molecule has 1 heterocycles. The quantitative estimate of drug-likeness (QED) is 0.666. The second kappa shape index (κ2) is 5.42. The summed E-state index contributed by atoms with van der Waals surface area (Å²) in [6.45, 7) is 0.783. The zero-order valence-electron chi connectivity index (χ0n) is 9.98. The molecule has 0 aliphatic heterocycles. The van der Waals surface area contributed by atoms with Gasteiger partial charge in [0.2, 0.25) is 0 Å². The summed E-state index contributed by atoms with van der Waals surface area (Å²) in [4.78, 5) is 2.06. The number of rotatable bonds is 4. The maximum Gasteiger partial charge on any atom is 0.124 e. The van der Waals surface area contributed by atoms with Crippen molar-refractivity contribution >= 4 is 34.5 Å². The molecule has 3 N–H and O–H groups in total. The highest BCUT2D eigenvalue weighted by Gasteiger charge is 2.11. The van der Waals surface area contributed by atoms with Crippen LogP contribution in [0.4, 0.5) is 5.69 Å². The molecule has 0 unspecified atom stereocenters. The van der Waals surface area contributed by atoms with Gasteiger partial charge >= 0.3 is 0 Å². The van der Waals surface area contributed by atoms with Crippen LogP contribution in [0.2, 0.25) is 5.02 Å². The van der Waals surface area contributed by atoms with E-state index in [1.807, 2.05) is 19.2 Å². The fourth-order valence-corrected chi connectivity index (χ4v) is 2.63. The molecule has 2 aromatic rings. The van der Waals surface area contributed by atoms with Crippen molar-refractivity contribution in [1.82, 2.24) is 0 Å². The van der Waals surface area contributed by atoms with E-state index in [0.29, 0.717) is 10.6 Å². The van der Waals surface area contributed by atoms with Crippen molar-refractivity contribution in [2.75, 3.05) is 11.9 Å². The Bertz CT molecular complexity index is 551. The first-order chi connectivity index (χ1) is 8.58. The molecule has 0 radical (unpaired) electrons. The number of hydrogen-bond acceptors (Lipinski definition) is 3. The average molecular weight is 280 g/mol. The van der Waals surface area contributed by atoms with Crippen molar-refractivity contribution in [1.29, 1.82) is 5.41 Å². The van der Waals surface area contributed by atoms with Crippen molar-refractivity contribution in [2.24, 2.45) is 5.73 Å². The summed E-state index contributed by atoms with van der Waals surface area (Å²) in [6, 6.07) is 7.52. The van der Waals surface area contributed by atoms with Gasteiger partial charge in [0.1, 0.15) is 5.84 Å². The van der Waals surface area contributed by atoms with E-state index >= 15 is 0 Å². The lowest BCUT2D eigenvalue weighted by molar-refractivity contribution is 0.926. The zero-order chi connectivity index (χ0) is 13.1. The second-order valence-electron chi connectivity index (χ2n) is 4.06. The molecular weight excluding hydrogens is 266 g/mol. The fourth-order valence-electron chi connectivity index (χ4n) is 1.80. The highest BCUT2D eigenvalue weighted by Crippen LogP contribution is 2.24. The Hall–Kier alpha value is -1.52. The Labute approximate surface area is 115 Å². The highest BCUT2D eigenvalue weighted by atomic mass is 35.5. The van der Waals surface area contributed by atoms with Crippen LogP contribution in [0.1, 0.15) is 11.1 Å². The van der Waals surface area contributed by atoms with E-state index in [1.54, 1.807) is 17.4 Å². The summed E-state index contributed by atoms with van der Waals surface area (Å²) in [5, 5.41) is 12.4.